The minimum atomic E-state index is -0.200. The summed E-state index contributed by atoms with van der Waals surface area (Å²) in [5.41, 5.74) is 7.95. The Balaban J connectivity index is 1.86. The van der Waals surface area contributed by atoms with Crippen LogP contribution in [0.25, 0.3) is 0 Å². The summed E-state index contributed by atoms with van der Waals surface area (Å²) < 4.78 is 0. The van der Waals surface area contributed by atoms with E-state index >= 15 is 0 Å². The highest BCUT2D eigenvalue weighted by molar-refractivity contribution is 5.73. The molecule has 0 atom stereocenters. The summed E-state index contributed by atoms with van der Waals surface area (Å²) in [5, 5.41) is 0. The molecule has 0 unspecified atom stereocenters. The monoisotopic (exact) mass is 245 g/mol. The van der Waals surface area contributed by atoms with Crippen LogP contribution in [0.4, 0.5) is 0 Å². The topological polar surface area (TPSA) is 43.1 Å². The van der Waals surface area contributed by atoms with Gasteiger partial charge in [-0.15, -0.1) is 0 Å². The lowest BCUT2D eigenvalue weighted by molar-refractivity contribution is -0.118. The second-order valence-corrected chi connectivity index (χ2v) is 5.40. The average molecular weight is 245 g/mol. The number of rotatable bonds is 5. The van der Waals surface area contributed by atoms with E-state index in [0.717, 1.165) is 18.8 Å². The van der Waals surface area contributed by atoms with Gasteiger partial charge in [0.1, 0.15) is 0 Å². The van der Waals surface area contributed by atoms with Gasteiger partial charge in [0, 0.05) is 6.42 Å². The van der Waals surface area contributed by atoms with E-state index in [-0.39, 0.29) is 5.91 Å². The minimum Gasteiger partial charge on any atom is -0.370 e. The van der Waals surface area contributed by atoms with Crippen LogP contribution in [0, 0.1) is 0 Å². The zero-order chi connectivity index (χ0) is 12.8. The molecule has 2 heteroatoms. The van der Waals surface area contributed by atoms with Crippen LogP contribution in [-0.2, 0) is 11.2 Å². The van der Waals surface area contributed by atoms with Crippen molar-refractivity contribution in [3.05, 3.63) is 35.4 Å². The van der Waals surface area contributed by atoms with Crippen molar-refractivity contribution in [2.45, 2.75) is 57.3 Å². The molecule has 2 rings (SSSR count). The summed E-state index contributed by atoms with van der Waals surface area (Å²) in [6.07, 6.45) is 9.16. The Labute approximate surface area is 110 Å². The van der Waals surface area contributed by atoms with Crippen molar-refractivity contribution in [1.29, 1.82) is 0 Å². The highest BCUT2D eigenvalue weighted by atomic mass is 16.1. The number of carbonyl (C=O) groups excluding carboxylic acids is 1. The van der Waals surface area contributed by atoms with Gasteiger partial charge in [0.15, 0.2) is 0 Å². The predicted molar refractivity (Wildman–Crippen MR) is 74.4 cm³/mol. The third kappa shape index (κ3) is 3.86. The van der Waals surface area contributed by atoms with Crippen molar-refractivity contribution in [3.63, 3.8) is 0 Å². The molecule has 1 saturated carbocycles. The lowest BCUT2D eigenvalue weighted by atomic mass is 9.84. The van der Waals surface area contributed by atoms with E-state index in [1.165, 1.54) is 43.2 Å². The third-order valence-corrected chi connectivity index (χ3v) is 3.94. The summed E-state index contributed by atoms with van der Waals surface area (Å²) >= 11 is 0. The maximum atomic E-state index is 10.7. The summed E-state index contributed by atoms with van der Waals surface area (Å²) in [5.74, 6) is 0.576. The molecule has 1 amide bonds. The molecule has 18 heavy (non-hydrogen) atoms. The van der Waals surface area contributed by atoms with Crippen LogP contribution in [-0.4, -0.2) is 5.91 Å². The van der Waals surface area contributed by atoms with Gasteiger partial charge >= 0.3 is 0 Å². The Morgan fingerprint density at radius 2 is 1.78 bits per heavy atom. The summed E-state index contributed by atoms with van der Waals surface area (Å²) in [6.45, 7) is 0. The molecule has 1 aliphatic carbocycles. The van der Waals surface area contributed by atoms with Crippen LogP contribution >= 0.6 is 0 Å². The number of carbonyl (C=O) groups is 1. The second kappa shape index (κ2) is 6.58. The standard InChI is InChI=1S/C16H23NO/c17-16(18)8-4-5-13-9-11-15(12-10-13)14-6-2-1-3-7-14/h9-12,14H,1-8H2,(H2,17,18). The zero-order valence-electron chi connectivity index (χ0n) is 11.0. The smallest absolute Gasteiger partial charge is 0.217 e. The molecule has 2 N–H and O–H groups in total. The van der Waals surface area contributed by atoms with Crippen molar-refractivity contribution in [2.24, 2.45) is 5.73 Å². The van der Waals surface area contributed by atoms with Gasteiger partial charge in [0.05, 0.1) is 0 Å². The number of primary amides is 1. The van der Waals surface area contributed by atoms with Crippen LogP contribution in [0.2, 0.25) is 0 Å². The summed E-state index contributed by atoms with van der Waals surface area (Å²) in [7, 11) is 0. The van der Waals surface area contributed by atoms with Crippen molar-refractivity contribution in [1.82, 2.24) is 0 Å². The highest BCUT2D eigenvalue weighted by Gasteiger charge is 2.14. The van der Waals surface area contributed by atoms with Crippen molar-refractivity contribution < 1.29 is 4.79 Å². The Bertz CT molecular complexity index is 377. The molecule has 1 fully saturated rings. The normalized spacial score (nSPS) is 16.7. The largest absolute Gasteiger partial charge is 0.370 e. The molecule has 0 radical (unpaired) electrons. The molecular weight excluding hydrogens is 222 g/mol. The quantitative estimate of drug-likeness (QED) is 0.847. The molecular formula is C16H23NO. The highest BCUT2D eigenvalue weighted by Crippen LogP contribution is 2.32. The first kappa shape index (κ1) is 13.1. The van der Waals surface area contributed by atoms with Gasteiger partial charge in [-0.3, -0.25) is 4.79 Å². The first-order valence-electron chi connectivity index (χ1n) is 7.13. The number of nitrogens with two attached hydrogens (primary N) is 1. The molecule has 98 valence electrons. The lowest BCUT2D eigenvalue weighted by Crippen LogP contribution is -2.10. The molecule has 0 spiro atoms. The SMILES string of the molecule is NC(=O)CCCc1ccc(C2CCCCC2)cc1. The fourth-order valence-corrected chi connectivity index (χ4v) is 2.86. The Morgan fingerprint density at radius 3 is 2.39 bits per heavy atom. The van der Waals surface area contributed by atoms with E-state index in [1.807, 2.05) is 0 Å². The number of aryl methyl sites for hydroxylation is 1. The maximum absolute atomic E-state index is 10.7. The molecule has 0 bridgehead atoms. The van der Waals surface area contributed by atoms with Crippen LogP contribution in [0.3, 0.4) is 0 Å². The van der Waals surface area contributed by atoms with Crippen molar-refractivity contribution in [2.75, 3.05) is 0 Å². The number of hydrogen-bond donors (Lipinski definition) is 1. The molecule has 2 nitrogen and oxygen atoms in total. The van der Waals surface area contributed by atoms with Gasteiger partial charge < -0.3 is 5.73 Å². The molecule has 0 saturated heterocycles. The third-order valence-electron chi connectivity index (χ3n) is 3.94. The van der Waals surface area contributed by atoms with E-state index in [0.29, 0.717) is 6.42 Å². The van der Waals surface area contributed by atoms with E-state index in [1.54, 1.807) is 0 Å². The molecule has 1 aliphatic rings. The Morgan fingerprint density at radius 1 is 1.11 bits per heavy atom. The predicted octanol–water partition coefficient (Wildman–Crippen LogP) is 3.54. The van der Waals surface area contributed by atoms with Crippen LogP contribution < -0.4 is 5.73 Å². The second-order valence-electron chi connectivity index (χ2n) is 5.40. The first-order valence-corrected chi connectivity index (χ1v) is 7.13. The average Bonchev–Trinajstić information content (AvgIpc) is 2.40. The lowest BCUT2D eigenvalue weighted by Gasteiger charge is -2.22. The molecule has 1 aromatic carbocycles. The van der Waals surface area contributed by atoms with Gasteiger partial charge in [-0.25, -0.2) is 0 Å². The molecule has 1 aromatic rings. The number of hydrogen-bond acceptors (Lipinski definition) is 1. The molecule has 0 heterocycles. The van der Waals surface area contributed by atoms with Crippen LogP contribution in [0.5, 0.6) is 0 Å². The summed E-state index contributed by atoms with van der Waals surface area (Å²) in [4.78, 5) is 10.7. The van der Waals surface area contributed by atoms with Crippen molar-refractivity contribution in [3.8, 4) is 0 Å². The van der Waals surface area contributed by atoms with Crippen LogP contribution in [0.1, 0.15) is 62.0 Å². The van der Waals surface area contributed by atoms with E-state index < -0.39 is 0 Å². The fourth-order valence-electron chi connectivity index (χ4n) is 2.86. The van der Waals surface area contributed by atoms with E-state index in [2.05, 4.69) is 24.3 Å². The van der Waals surface area contributed by atoms with Crippen LogP contribution in [0.15, 0.2) is 24.3 Å². The number of benzene rings is 1. The maximum Gasteiger partial charge on any atom is 0.217 e. The number of amides is 1. The Hall–Kier alpha value is -1.31. The van der Waals surface area contributed by atoms with Gasteiger partial charge in [-0.1, -0.05) is 43.5 Å². The summed E-state index contributed by atoms with van der Waals surface area (Å²) in [6, 6.07) is 8.97. The zero-order valence-corrected chi connectivity index (χ0v) is 11.0. The van der Waals surface area contributed by atoms with Crippen molar-refractivity contribution >= 4 is 5.91 Å². The first-order chi connectivity index (χ1) is 8.75. The Kier molecular flexibility index (Phi) is 4.80. The van der Waals surface area contributed by atoms with Gasteiger partial charge in [0.2, 0.25) is 5.91 Å². The van der Waals surface area contributed by atoms with Gasteiger partial charge in [0.25, 0.3) is 0 Å². The van der Waals surface area contributed by atoms with E-state index in [9.17, 15) is 4.79 Å². The van der Waals surface area contributed by atoms with E-state index in [4.69, 9.17) is 5.73 Å². The molecule has 0 aliphatic heterocycles. The van der Waals surface area contributed by atoms with Gasteiger partial charge in [-0.05, 0) is 42.7 Å². The van der Waals surface area contributed by atoms with Gasteiger partial charge in [-0.2, -0.15) is 0 Å². The minimum absolute atomic E-state index is 0.200. The fraction of sp³-hybridized carbons (Fsp3) is 0.562. The molecule has 0 aromatic heterocycles.